The van der Waals surface area contributed by atoms with Crippen LogP contribution in [0.5, 0.6) is 0 Å². The lowest BCUT2D eigenvalue weighted by atomic mass is 9.80. The van der Waals surface area contributed by atoms with Crippen molar-refractivity contribution in [3.05, 3.63) is 42.2 Å². The van der Waals surface area contributed by atoms with Crippen LogP contribution < -0.4 is 0 Å². The minimum absolute atomic E-state index is 0.00823. The van der Waals surface area contributed by atoms with Gasteiger partial charge in [0.05, 0.1) is 11.5 Å². The van der Waals surface area contributed by atoms with Gasteiger partial charge in [-0.2, -0.15) is 0 Å². The van der Waals surface area contributed by atoms with Crippen LogP contribution in [0.4, 0.5) is 0 Å². The molecule has 0 aliphatic carbocycles. The van der Waals surface area contributed by atoms with Gasteiger partial charge in [0.25, 0.3) is 0 Å². The van der Waals surface area contributed by atoms with Gasteiger partial charge < -0.3 is 19.1 Å². The van der Waals surface area contributed by atoms with E-state index in [0.29, 0.717) is 44.8 Å². The molecule has 0 N–H and O–H groups in total. The summed E-state index contributed by atoms with van der Waals surface area (Å²) in [5, 5.41) is 4.23. The molecule has 2 fully saturated rings. The minimum atomic E-state index is -0.670. The molecule has 7 heteroatoms. The Balaban J connectivity index is 1.50. The van der Waals surface area contributed by atoms with Crippen molar-refractivity contribution in [3.63, 3.8) is 0 Å². The van der Waals surface area contributed by atoms with E-state index in [1.807, 2.05) is 41.3 Å². The van der Waals surface area contributed by atoms with Gasteiger partial charge in [-0.1, -0.05) is 42.4 Å². The second-order valence-electron chi connectivity index (χ2n) is 9.05. The molecule has 2 aliphatic heterocycles. The van der Waals surface area contributed by atoms with E-state index in [1.54, 1.807) is 11.8 Å². The summed E-state index contributed by atoms with van der Waals surface area (Å²) < 4.78 is 11.5. The van der Waals surface area contributed by atoms with Crippen molar-refractivity contribution < 1.29 is 18.8 Å². The number of carbonyl (C=O) groups is 2. The van der Waals surface area contributed by atoms with Gasteiger partial charge in [-0.05, 0) is 25.7 Å². The summed E-state index contributed by atoms with van der Waals surface area (Å²) in [6.45, 7) is 6.85. The molecule has 2 saturated heterocycles. The number of nitrogens with zero attached hydrogens (tertiary/aromatic N) is 3. The normalized spacial score (nSPS) is 21.8. The summed E-state index contributed by atoms with van der Waals surface area (Å²) in [4.78, 5) is 29.6. The van der Waals surface area contributed by atoms with E-state index in [-0.39, 0.29) is 17.9 Å². The lowest BCUT2D eigenvalue weighted by Crippen LogP contribution is -2.50. The standard InChI is InChI=1S/C25H33N3O4/c1-3-15-31-21-9-12-27(13-10-21)24(30)25(11-14-28(18-25)19(2)29)17-22-16-23(26-32-22)20-7-5-4-6-8-20/h4-8,16,21H,3,9-15,17-18H2,1-2H3/t25-/m1/s1. The number of rotatable bonds is 7. The van der Waals surface area contributed by atoms with Gasteiger partial charge in [-0.3, -0.25) is 9.59 Å². The molecule has 1 atom stereocenters. The third kappa shape index (κ3) is 4.88. The number of hydrogen-bond acceptors (Lipinski definition) is 5. The largest absolute Gasteiger partial charge is 0.378 e. The van der Waals surface area contributed by atoms with E-state index in [4.69, 9.17) is 9.26 Å². The Kier molecular flexibility index (Phi) is 6.94. The Hall–Kier alpha value is -2.67. The number of amides is 2. The van der Waals surface area contributed by atoms with Crippen LogP contribution in [-0.4, -0.2) is 65.7 Å². The fourth-order valence-corrected chi connectivity index (χ4v) is 4.86. The van der Waals surface area contributed by atoms with Crippen LogP contribution in [0.1, 0.15) is 45.3 Å². The molecule has 3 heterocycles. The average Bonchev–Trinajstić information content (AvgIpc) is 3.47. The summed E-state index contributed by atoms with van der Waals surface area (Å²) in [5.74, 6) is 0.811. The van der Waals surface area contributed by atoms with Crippen LogP contribution >= 0.6 is 0 Å². The van der Waals surface area contributed by atoms with Crippen molar-refractivity contribution >= 4 is 11.8 Å². The van der Waals surface area contributed by atoms with Crippen LogP contribution in [0, 0.1) is 5.41 Å². The third-order valence-corrected chi connectivity index (χ3v) is 6.68. The predicted molar refractivity (Wildman–Crippen MR) is 121 cm³/mol. The Morgan fingerprint density at radius 1 is 1.16 bits per heavy atom. The summed E-state index contributed by atoms with van der Waals surface area (Å²) in [6.07, 6.45) is 4.04. The van der Waals surface area contributed by atoms with Crippen molar-refractivity contribution in [3.8, 4) is 11.3 Å². The number of aromatic nitrogens is 1. The van der Waals surface area contributed by atoms with Crippen LogP contribution in [-0.2, 0) is 20.7 Å². The minimum Gasteiger partial charge on any atom is -0.378 e. The summed E-state index contributed by atoms with van der Waals surface area (Å²) in [7, 11) is 0. The van der Waals surface area contributed by atoms with Gasteiger partial charge in [-0.25, -0.2) is 0 Å². The molecule has 4 rings (SSSR count). The van der Waals surface area contributed by atoms with Crippen molar-refractivity contribution in [2.24, 2.45) is 5.41 Å². The molecule has 2 aliphatic rings. The molecule has 0 unspecified atom stereocenters. The van der Waals surface area contributed by atoms with Gasteiger partial charge in [0.15, 0.2) is 0 Å². The molecular formula is C25H33N3O4. The highest BCUT2D eigenvalue weighted by atomic mass is 16.5. The second kappa shape index (κ2) is 9.86. The average molecular weight is 440 g/mol. The number of piperidine rings is 1. The molecular weight excluding hydrogens is 406 g/mol. The van der Waals surface area contributed by atoms with Gasteiger partial charge in [0.1, 0.15) is 11.5 Å². The van der Waals surface area contributed by atoms with Crippen LogP contribution in [0.25, 0.3) is 11.3 Å². The molecule has 2 aromatic rings. The van der Waals surface area contributed by atoms with Crippen molar-refractivity contribution in [1.29, 1.82) is 0 Å². The highest BCUT2D eigenvalue weighted by Crippen LogP contribution is 2.38. The fraction of sp³-hybridized carbons (Fsp3) is 0.560. The molecule has 2 amide bonds. The monoisotopic (exact) mass is 439 g/mol. The molecule has 1 aromatic heterocycles. The van der Waals surface area contributed by atoms with Crippen LogP contribution in [0.2, 0.25) is 0 Å². The van der Waals surface area contributed by atoms with E-state index in [2.05, 4.69) is 12.1 Å². The smallest absolute Gasteiger partial charge is 0.231 e. The van der Waals surface area contributed by atoms with E-state index < -0.39 is 5.41 Å². The van der Waals surface area contributed by atoms with Crippen molar-refractivity contribution in [2.75, 3.05) is 32.8 Å². The van der Waals surface area contributed by atoms with Crippen molar-refractivity contribution in [2.45, 2.75) is 52.1 Å². The number of benzene rings is 1. The fourth-order valence-electron chi connectivity index (χ4n) is 4.86. The van der Waals surface area contributed by atoms with E-state index in [1.165, 1.54) is 0 Å². The number of ether oxygens (including phenoxy) is 1. The number of likely N-dealkylation sites (tertiary alicyclic amines) is 2. The van der Waals surface area contributed by atoms with Crippen LogP contribution in [0.3, 0.4) is 0 Å². The lowest BCUT2D eigenvalue weighted by Gasteiger charge is -2.38. The van der Waals surface area contributed by atoms with Gasteiger partial charge in [0, 0.05) is 57.8 Å². The molecule has 0 radical (unpaired) electrons. The quantitative estimate of drug-likeness (QED) is 0.660. The summed E-state index contributed by atoms with van der Waals surface area (Å²) in [5.41, 5.74) is 1.07. The highest BCUT2D eigenvalue weighted by molar-refractivity contribution is 5.85. The Morgan fingerprint density at radius 2 is 1.91 bits per heavy atom. The first-order valence-corrected chi connectivity index (χ1v) is 11.7. The van der Waals surface area contributed by atoms with E-state index in [9.17, 15) is 9.59 Å². The molecule has 0 bridgehead atoms. The molecule has 32 heavy (non-hydrogen) atoms. The van der Waals surface area contributed by atoms with E-state index in [0.717, 1.165) is 37.1 Å². The first kappa shape index (κ1) is 22.5. The molecule has 172 valence electrons. The van der Waals surface area contributed by atoms with Gasteiger partial charge in [0.2, 0.25) is 11.8 Å². The zero-order chi connectivity index (χ0) is 22.6. The SMILES string of the molecule is CCCOC1CCN(C(=O)[C@@]2(Cc3cc(-c4ccccc4)no3)CCN(C(C)=O)C2)CC1. The molecule has 7 nitrogen and oxygen atoms in total. The van der Waals surface area contributed by atoms with Gasteiger partial charge in [-0.15, -0.1) is 0 Å². The Labute approximate surface area is 189 Å². The summed E-state index contributed by atoms with van der Waals surface area (Å²) in [6, 6.07) is 11.8. The molecule has 0 saturated carbocycles. The number of carbonyl (C=O) groups excluding carboxylic acids is 2. The third-order valence-electron chi connectivity index (χ3n) is 6.68. The van der Waals surface area contributed by atoms with Crippen LogP contribution in [0.15, 0.2) is 40.9 Å². The lowest BCUT2D eigenvalue weighted by molar-refractivity contribution is -0.145. The second-order valence-corrected chi connectivity index (χ2v) is 9.05. The summed E-state index contributed by atoms with van der Waals surface area (Å²) >= 11 is 0. The zero-order valence-electron chi connectivity index (χ0n) is 19.1. The van der Waals surface area contributed by atoms with Gasteiger partial charge >= 0.3 is 0 Å². The van der Waals surface area contributed by atoms with E-state index >= 15 is 0 Å². The predicted octanol–water partition coefficient (Wildman–Crippen LogP) is 3.54. The Morgan fingerprint density at radius 3 is 2.56 bits per heavy atom. The maximum atomic E-state index is 13.8. The highest BCUT2D eigenvalue weighted by Gasteiger charge is 2.48. The maximum absolute atomic E-state index is 13.8. The first-order valence-electron chi connectivity index (χ1n) is 11.7. The topological polar surface area (TPSA) is 75.9 Å². The number of hydrogen-bond donors (Lipinski definition) is 0. The maximum Gasteiger partial charge on any atom is 0.231 e. The Bertz CT molecular complexity index is 920. The molecule has 0 spiro atoms. The molecule has 1 aromatic carbocycles. The van der Waals surface area contributed by atoms with Crippen molar-refractivity contribution in [1.82, 2.24) is 15.0 Å². The first-order chi connectivity index (χ1) is 15.5. The zero-order valence-corrected chi connectivity index (χ0v) is 19.1.